The van der Waals surface area contributed by atoms with E-state index in [1.54, 1.807) is 17.0 Å². The van der Waals surface area contributed by atoms with Crippen LogP contribution in [0.1, 0.15) is 0 Å². The maximum atomic E-state index is 8.52. The Morgan fingerprint density at radius 3 is 3.23 bits per heavy atom. The Morgan fingerprint density at radius 1 is 1.62 bits per heavy atom. The Labute approximate surface area is 79.4 Å². The normalized spacial score (nSPS) is 10.2. The molecule has 0 N–H and O–H groups in total. The predicted octanol–water partition coefficient (Wildman–Crippen LogP) is 1.61. The molecule has 0 spiro atoms. The summed E-state index contributed by atoms with van der Waals surface area (Å²) in [6.07, 6.45) is 3.43. The van der Waals surface area contributed by atoms with Crippen LogP contribution in [0.5, 0.6) is 0 Å². The summed E-state index contributed by atoms with van der Waals surface area (Å²) in [4.78, 5) is 7.86. The van der Waals surface area contributed by atoms with Crippen molar-refractivity contribution in [1.29, 1.82) is 5.26 Å². The summed E-state index contributed by atoms with van der Waals surface area (Å²) in [5.41, 5.74) is 0.696. The van der Waals surface area contributed by atoms with Crippen molar-refractivity contribution >= 4 is 22.6 Å². The predicted molar refractivity (Wildman–Crippen MR) is 48.2 cm³/mol. The average molecular weight is 193 g/mol. The van der Waals surface area contributed by atoms with Crippen LogP contribution in [0.15, 0.2) is 18.5 Å². The van der Waals surface area contributed by atoms with Gasteiger partial charge in [-0.05, 0) is 17.7 Å². The van der Waals surface area contributed by atoms with E-state index in [2.05, 4.69) is 9.97 Å². The zero-order chi connectivity index (χ0) is 9.26. The minimum Gasteiger partial charge on any atom is -0.319 e. The van der Waals surface area contributed by atoms with Crippen LogP contribution in [0, 0.1) is 11.3 Å². The SMILES string of the molecule is N#CCn1ccc2cnc(Cl)nc21. The monoisotopic (exact) mass is 192 g/mol. The van der Waals surface area contributed by atoms with Crippen molar-refractivity contribution in [2.45, 2.75) is 6.54 Å². The van der Waals surface area contributed by atoms with E-state index in [0.717, 1.165) is 5.39 Å². The van der Waals surface area contributed by atoms with Crippen LogP contribution in [0.2, 0.25) is 5.28 Å². The first-order valence-electron chi connectivity index (χ1n) is 3.65. The second-order valence-electron chi connectivity index (χ2n) is 2.52. The lowest BCUT2D eigenvalue weighted by Crippen LogP contribution is -1.95. The minimum atomic E-state index is 0.199. The maximum absolute atomic E-state index is 8.52. The van der Waals surface area contributed by atoms with Crippen LogP contribution in [0.3, 0.4) is 0 Å². The lowest BCUT2D eigenvalue weighted by molar-refractivity contribution is 0.858. The average Bonchev–Trinajstić information content (AvgIpc) is 2.49. The number of aromatic nitrogens is 3. The molecule has 4 nitrogen and oxygen atoms in total. The highest BCUT2D eigenvalue weighted by molar-refractivity contribution is 6.28. The van der Waals surface area contributed by atoms with Gasteiger partial charge in [-0.1, -0.05) is 0 Å². The van der Waals surface area contributed by atoms with Gasteiger partial charge in [0.05, 0.1) is 6.07 Å². The van der Waals surface area contributed by atoms with Crippen molar-refractivity contribution in [3.05, 3.63) is 23.7 Å². The van der Waals surface area contributed by atoms with Crippen molar-refractivity contribution in [3.63, 3.8) is 0 Å². The molecule has 0 amide bonds. The summed E-state index contributed by atoms with van der Waals surface area (Å²) in [5, 5.41) is 9.61. The molecule has 0 saturated heterocycles. The van der Waals surface area contributed by atoms with Crippen LogP contribution in [0.25, 0.3) is 11.0 Å². The van der Waals surface area contributed by atoms with Gasteiger partial charge in [0.2, 0.25) is 5.28 Å². The summed E-state index contributed by atoms with van der Waals surface area (Å²) >= 11 is 5.63. The van der Waals surface area contributed by atoms with E-state index in [4.69, 9.17) is 16.9 Å². The lowest BCUT2D eigenvalue weighted by Gasteiger charge is -1.96. The summed E-state index contributed by atoms with van der Waals surface area (Å²) in [6, 6.07) is 3.89. The summed E-state index contributed by atoms with van der Waals surface area (Å²) in [5.74, 6) is 0. The fourth-order valence-corrected chi connectivity index (χ4v) is 1.28. The fraction of sp³-hybridized carbons (Fsp3) is 0.125. The molecule has 0 saturated carbocycles. The molecule has 0 aliphatic rings. The van der Waals surface area contributed by atoms with E-state index >= 15 is 0 Å². The molecule has 2 rings (SSSR count). The van der Waals surface area contributed by atoms with Crippen LogP contribution < -0.4 is 0 Å². The highest BCUT2D eigenvalue weighted by atomic mass is 35.5. The highest BCUT2D eigenvalue weighted by Gasteiger charge is 2.02. The number of nitriles is 1. The number of hydrogen-bond acceptors (Lipinski definition) is 3. The molecule has 0 unspecified atom stereocenters. The molecule has 0 bridgehead atoms. The molecular formula is C8H5ClN4. The van der Waals surface area contributed by atoms with Crippen molar-refractivity contribution in [3.8, 4) is 6.07 Å². The molecule has 0 aromatic carbocycles. The van der Waals surface area contributed by atoms with E-state index in [1.165, 1.54) is 0 Å². The van der Waals surface area contributed by atoms with Gasteiger partial charge >= 0.3 is 0 Å². The van der Waals surface area contributed by atoms with Crippen LogP contribution >= 0.6 is 11.6 Å². The molecule has 0 radical (unpaired) electrons. The van der Waals surface area contributed by atoms with Crippen molar-refractivity contribution < 1.29 is 0 Å². The Hall–Kier alpha value is -1.60. The molecule has 13 heavy (non-hydrogen) atoms. The largest absolute Gasteiger partial charge is 0.319 e. The molecule has 64 valence electrons. The molecular weight excluding hydrogens is 188 g/mol. The summed E-state index contributed by atoms with van der Waals surface area (Å²) < 4.78 is 1.73. The van der Waals surface area contributed by atoms with E-state index < -0.39 is 0 Å². The minimum absolute atomic E-state index is 0.199. The molecule has 0 fully saturated rings. The summed E-state index contributed by atoms with van der Waals surface area (Å²) in [6.45, 7) is 0.275. The number of nitrogens with zero attached hydrogens (tertiary/aromatic N) is 4. The van der Waals surface area contributed by atoms with Gasteiger partial charge < -0.3 is 4.57 Å². The van der Waals surface area contributed by atoms with Crippen molar-refractivity contribution in [2.24, 2.45) is 0 Å². The molecule has 0 atom stereocenters. The fourth-order valence-electron chi connectivity index (χ4n) is 1.15. The number of halogens is 1. The first-order valence-corrected chi connectivity index (χ1v) is 4.03. The maximum Gasteiger partial charge on any atom is 0.224 e. The zero-order valence-electron chi connectivity index (χ0n) is 6.61. The van der Waals surface area contributed by atoms with Gasteiger partial charge in [-0.2, -0.15) is 10.2 Å². The van der Waals surface area contributed by atoms with Gasteiger partial charge in [-0.3, -0.25) is 0 Å². The van der Waals surface area contributed by atoms with Crippen LogP contribution in [-0.2, 0) is 6.54 Å². The van der Waals surface area contributed by atoms with Gasteiger partial charge in [-0.15, -0.1) is 0 Å². The zero-order valence-corrected chi connectivity index (χ0v) is 7.36. The first kappa shape index (κ1) is 8.02. The van der Waals surface area contributed by atoms with Crippen molar-refractivity contribution in [1.82, 2.24) is 14.5 Å². The van der Waals surface area contributed by atoms with Crippen LogP contribution in [0.4, 0.5) is 0 Å². The third-order valence-corrected chi connectivity index (χ3v) is 1.90. The molecule has 0 aliphatic heterocycles. The molecule has 2 aromatic heterocycles. The Balaban J connectivity index is 2.66. The van der Waals surface area contributed by atoms with Gasteiger partial charge in [0.15, 0.2) is 0 Å². The topological polar surface area (TPSA) is 54.5 Å². The second kappa shape index (κ2) is 3.04. The molecule has 0 aliphatic carbocycles. The molecule has 5 heteroatoms. The lowest BCUT2D eigenvalue weighted by atomic mass is 10.4. The third-order valence-electron chi connectivity index (χ3n) is 1.71. The Kier molecular flexibility index (Phi) is 1.87. The van der Waals surface area contributed by atoms with Crippen molar-refractivity contribution in [2.75, 3.05) is 0 Å². The molecule has 2 aromatic rings. The summed E-state index contributed by atoms with van der Waals surface area (Å²) in [7, 11) is 0. The van der Waals surface area contributed by atoms with E-state index in [-0.39, 0.29) is 11.8 Å². The van der Waals surface area contributed by atoms with E-state index in [0.29, 0.717) is 5.65 Å². The van der Waals surface area contributed by atoms with E-state index in [9.17, 15) is 0 Å². The quantitative estimate of drug-likeness (QED) is 0.645. The van der Waals surface area contributed by atoms with Gasteiger partial charge in [0, 0.05) is 17.8 Å². The van der Waals surface area contributed by atoms with E-state index in [1.807, 2.05) is 12.1 Å². The number of hydrogen-bond donors (Lipinski definition) is 0. The van der Waals surface area contributed by atoms with Gasteiger partial charge in [0.25, 0.3) is 0 Å². The Morgan fingerprint density at radius 2 is 2.46 bits per heavy atom. The Bertz CT molecular complexity index is 482. The first-order chi connectivity index (χ1) is 6.31. The molecule has 2 heterocycles. The standard InChI is InChI=1S/C8H5ClN4/c9-8-11-5-6-1-3-13(4-2-10)7(6)12-8/h1,3,5H,4H2. The second-order valence-corrected chi connectivity index (χ2v) is 2.86. The smallest absolute Gasteiger partial charge is 0.224 e. The highest BCUT2D eigenvalue weighted by Crippen LogP contribution is 2.13. The third kappa shape index (κ3) is 1.34. The van der Waals surface area contributed by atoms with Gasteiger partial charge in [-0.25, -0.2) is 4.98 Å². The van der Waals surface area contributed by atoms with Crippen LogP contribution in [-0.4, -0.2) is 14.5 Å². The van der Waals surface area contributed by atoms with Gasteiger partial charge in [0.1, 0.15) is 12.2 Å². The number of rotatable bonds is 1. The number of fused-ring (bicyclic) bond motifs is 1.